The van der Waals surface area contributed by atoms with E-state index in [0.29, 0.717) is 54.6 Å². The van der Waals surface area contributed by atoms with Crippen molar-refractivity contribution in [2.24, 2.45) is 0 Å². The topological polar surface area (TPSA) is 155 Å². The summed E-state index contributed by atoms with van der Waals surface area (Å²) >= 11 is 0. The highest BCUT2D eigenvalue weighted by molar-refractivity contribution is 5.91. The first-order valence-electron chi connectivity index (χ1n) is 8.96. The van der Waals surface area contributed by atoms with Gasteiger partial charge >= 0.3 is 0 Å². The summed E-state index contributed by atoms with van der Waals surface area (Å²) in [6, 6.07) is 5.19. The number of hydrogen-bond acceptors (Lipinski definition) is 9. The number of aryl methyl sites for hydroxylation is 1. The van der Waals surface area contributed by atoms with Crippen molar-refractivity contribution in [3.05, 3.63) is 35.5 Å². The molecule has 0 radical (unpaired) electrons. The maximum absolute atomic E-state index is 11.2. The number of aromatic nitrogens is 2. The zero-order valence-corrected chi connectivity index (χ0v) is 16.3. The number of hydrogen-bond donors (Lipinski definition) is 4. The SMILES string of the molecule is CCc1nc(N)nc(N)c1OCCCOc1cc(OC)ccc1C=CC(=O)NO. The Morgan fingerprint density at radius 2 is 2.00 bits per heavy atom. The number of rotatable bonds is 10. The maximum Gasteiger partial charge on any atom is 0.267 e. The van der Waals surface area contributed by atoms with Crippen molar-refractivity contribution < 1.29 is 24.2 Å². The van der Waals surface area contributed by atoms with E-state index < -0.39 is 5.91 Å². The van der Waals surface area contributed by atoms with Gasteiger partial charge in [-0.05, 0) is 24.6 Å². The van der Waals surface area contributed by atoms with Crippen molar-refractivity contribution >= 4 is 23.7 Å². The van der Waals surface area contributed by atoms with Crippen molar-refractivity contribution in [3.8, 4) is 17.2 Å². The van der Waals surface area contributed by atoms with E-state index in [-0.39, 0.29) is 11.8 Å². The molecule has 0 fully saturated rings. The number of nitrogens with one attached hydrogen (secondary N) is 1. The Labute approximate surface area is 168 Å². The lowest BCUT2D eigenvalue weighted by atomic mass is 10.1. The summed E-state index contributed by atoms with van der Waals surface area (Å²) in [7, 11) is 1.55. The van der Waals surface area contributed by atoms with Crippen molar-refractivity contribution in [2.75, 3.05) is 31.8 Å². The van der Waals surface area contributed by atoms with E-state index >= 15 is 0 Å². The number of nitrogens with two attached hydrogens (primary N) is 2. The Morgan fingerprint density at radius 1 is 1.24 bits per heavy atom. The number of carbonyl (C=O) groups excluding carboxylic acids is 1. The highest BCUT2D eigenvalue weighted by Crippen LogP contribution is 2.27. The van der Waals surface area contributed by atoms with Gasteiger partial charge in [0.1, 0.15) is 11.5 Å². The average Bonchev–Trinajstić information content (AvgIpc) is 2.72. The number of ether oxygens (including phenoxy) is 3. The van der Waals surface area contributed by atoms with Crippen LogP contribution in [0.1, 0.15) is 24.6 Å². The van der Waals surface area contributed by atoms with E-state index in [1.54, 1.807) is 25.3 Å². The summed E-state index contributed by atoms with van der Waals surface area (Å²) in [5.41, 5.74) is 14.3. The summed E-state index contributed by atoms with van der Waals surface area (Å²) in [6.45, 7) is 2.61. The van der Waals surface area contributed by atoms with Crippen molar-refractivity contribution in [1.29, 1.82) is 0 Å². The average molecular weight is 403 g/mol. The number of hydroxylamine groups is 1. The molecular weight excluding hydrogens is 378 g/mol. The zero-order valence-electron chi connectivity index (χ0n) is 16.3. The molecule has 1 amide bonds. The normalized spacial score (nSPS) is 10.7. The number of anilines is 2. The Morgan fingerprint density at radius 3 is 2.69 bits per heavy atom. The first kappa shape index (κ1) is 21.8. The van der Waals surface area contributed by atoms with E-state index in [0.717, 1.165) is 0 Å². The summed E-state index contributed by atoms with van der Waals surface area (Å²) in [5, 5.41) is 8.59. The van der Waals surface area contributed by atoms with Gasteiger partial charge < -0.3 is 25.7 Å². The van der Waals surface area contributed by atoms with E-state index in [9.17, 15) is 4.79 Å². The molecule has 0 aliphatic heterocycles. The number of nitrogen functional groups attached to an aromatic ring is 2. The third-order valence-corrected chi connectivity index (χ3v) is 3.85. The van der Waals surface area contributed by atoms with Crippen LogP contribution >= 0.6 is 0 Å². The number of amides is 1. The molecule has 2 aromatic rings. The van der Waals surface area contributed by atoms with E-state index in [2.05, 4.69) is 9.97 Å². The molecule has 0 bridgehead atoms. The molecule has 1 heterocycles. The van der Waals surface area contributed by atoms with Crippen LogP contribution in [-0.4, -0.2) is 41.4 Å². The minimum Gasteiger partial charge on any atom is -0.497 e. The Kier molecular flexibility index (Phi) is 8.04. The second kappa shape index (κ2) is 10.7. The molecular formula is C19H25N5O5. The molecule has 10 heteroatoms. The fraction of sp³-hybridized carbons (Fsp3) is 0.316. The standard InChI is InChI=1S/C19H25N5O5/c1-3-14-17(18(20)23-19(21)22-14)29-10-4-9-28-15-11-13(27-2)7-5-12(15)6-8-16(25)24-26/h5-8,11,26H,3-4,9-10H2,1-2H3,(H,24,25)(H4,20,21,22,23). The molecule has 10 nitrogen and oxygen atoms in total. The van der Waals surface area contributed by atoms with Crippen LogP contribution < -0.4 is 31.2 Å². The van der Waals surface area contributed by atoms with Crippen molar-refractivity contribution in [1.82, 2.24) is 15.4 Å². The molecule has 1 aromatic heterocycles. The first-order chi connectivity index (χ1) is 14.0. The second-order valence-electron chi connectivity index (χ2n) is 5.86. The lowest BCUT2D eigenvalue weighted by Gasteiger charge is -2.13. The molecule has 2 rings (SSSR count). The third-order valence-electron chi connectivity index (χ3n) is 3.85. The number of nitrogens with zero attached hydrogens (tertiary/aromatic N) is 2. The Bertz CT molecular complexity index is 872. The van der Waals surface area contributed by atoms with Gasteiger partial charge in [-0.2, -0.15) is 4.98 Å². The van der Waals surface area contributed by atoms with Gasteiger partial charge in [-0.1, -0.05) is 6.92 Å². The van der Waals surface area contributed by atoms with Gasteiger partial charge in [0.05, 0.1) is 26.0 Å². The van der Waals surface area contributed by atoms with E-state index in [1.165, 1.54) is 17.6 Å². The smallest absolute Gasteiger partial charge is 0.267 e. The van der Waals surface area contributed by atoms with Crippen molar-refractivity contribution in [2.45, 2.75) is 19.8 Å². The molecule has 0 unspecified atom stereocenters. The van der Waals surface area contributed by atoms with Gasteiger partial charge in [-0.25, -0.2) is 10.5 Å². The molecule has 0 saturated heterocycles. The molecule has 156 valence electrons. The lowest BCUT2D eigenvalue weighted by Crippen LogP contribution is -2.14. The number of benzene rings is 1. The van der Waals surface area contributed by atoms with E-state index in [4.69, 9.17) is 30.9 Å². The fourth-order valence-electron chi connectivity index (χ4n) is 2.46. The van der Waals surface area contributed by atoms with Gasteiger partial charge in [0, 0.05) is 24.1 Å². The third kappa shape index (κ3) is 6.25. The molecule has 0 spiro atoms. The monoisotopic (exact) mass is 403 g/mol. The summed E-state index contributed by atoms with van der Waals surface area (Å²) in [5.74, 6) is 1.24. The molecule has 1 aromatic carbocycles. The highest BCUT2D eigenvalue weighted by Gasteiger charge is 2.11. The van der Waals surface area contributed by atoms with Crippen LogP contribution in [0.4, 0.5) is 11.8 Å². The molecule has 0 aliphatic carbocycles. The number of methoxy groups -OCH3 is 1. The fourth-order valence-corrected chi connectivity index (χ4v) is 2.46. The van der Waals surface area contributed by atoms with Crippen LogP contribution in [0.25, 0.3) is 6.08 Å². The Balaban J connectivity index is 1.96. The molecule has 0 atom stereocenters. The predicted molar refractivity (Wildman–Crippen MR) is 108 cm³/mol. The summed E-state index contributed by atoms with van der Waals surface area (Å²) in [6.07, 6.45) is 3.89. The predicted octanol–water partition coefficient (Wildman–Crippen LogP) is 1.58. The minimum atomic E-state index is -0.643. The zero-order chi connectivity index (χ0) is 21.2. The van der Waals surface area contributed by atoms with Gasteiger partial charge in [0.2, 0.25) is 5.95 Å². The molecule has 0 saturated carbocycles. The van der Waals surface area contributed by atoms with Gasteiger partial charge in [0.25, 0.3) is 5.91 Å². The summed E-state index contributed by atoms with van der Waals surface area (Å²) in [4.78, 5) is 19.2. The maximum atomic E-state index is 11.2. The molecule has 0 aliphatic rings. The van der Waals surface area contributed by atoms with Crippen LogP contribution in [0.15, 0.2) is 24.3 Å². The second-order valence-corrected chi connectivity index (χ2v) is 5.86. The minimum absolute atomic E-state index is 0.114. The van der Waals surface area contributed by atoms with Gasteiger partial charge in [0.15, 0.2) is 11.6 Å². The van der Waals surface area contributed by atoms with Crippen LogP contribution in [0.5, 0.6) is 17.2 Å². The van der Waals surface area contributed by atoms with Crippen LogP contribution in [0.2, 0.25) is 0 Å². The van der Waals surface area contributed by atoms with E-state index in [1.807, 2.05) is 6.92 Å². The van der Waals surface area contributed by atoms with Crippen LogP contribution in [0, 0.1) is 0 Å². The van der Waals surface area contributed by atoms with Crippen LogP contribution in [0.3, 0.4) is 0 Å². The first-order valence-corrected chi connectivity index (χ1v) is 8.96. The lowest BCUT2D eigenvalue weighted by molar-refractivity contribution is -0.124. The quantitative estimate of drug-likeness (QED) is 0.200. The van der Waals surface area contributed by atoms with Gasteiger partial charge in [-0.3, -0.25) is 10.0 Å². The van der Waals surface area contributed by atoms with Crippen LogP contribution in [-0.2, 0) is 11.2 Å². The van der Waals surface area contributed by atoms with Gasteiger partial charge in [-0.15, -0.1) is 0 Å². The summed E-state index contributed by atoms with van der Waals surface area (Å²) < 4.78 is 16.7. The Hall–Kier alpha value is -3.53. The molecule has 29 heavy (non-hydrogen) atoms. The van der Waals surface area contributed by atoms with Crippen molar-refractivity contribution in [3.63, 3.8) is 0 Å². The number of carbonyl (C=O) groups is 1. The molecule has 6 N–H and O–H groups in total. The largest absolute Gasteiger partial charge is 0.497 e. The highest BCUT2D eigenvalue weighted by atomic mass is 16.5.